The van der Waals surface area contributed by atoms with Gasteiger partial charge in [0.2, 0.25) is 5.91 Å². The van der Waals surface area contributed by atoms with Crippen LogP contribution in [0.25, 0.3) is 21.0 Å². The number of Topliss-reactive ketones (excluding diaryl/α,β-unsaturated/α-hetero) is 1. The van der Waals surface area contributed by atoms with Crippen molar-refractivity contribution in [3.63, 3.8) is 0 Å². The fourth-order valence-electron chi connectivity index (χ4n) is 4.92. The normalized spacial score (nSPS) is 14.1. The van der Waals surface area contributed by atoms with Crippen molar-refractivity contribution in [2.75, 3.05) is 20.2 Å². The number of likely N-dealkylation sites (tertiary alicyclic amines) is 1. The first-order chi connectivity index (χ1) is 18.3. The van der Waals surface area contributed by atoms with Gasteiger partial charge in [-0.2, -0.15) is 0 Å². The van der Waals surface area contributed by atoms with Crippen molar-refractivity contribution < 1.29 is 23.5 Å². The molecule has 1 aliphatic rings. The summed E-state index contributed by atoms with van der Waals surface area (Å²) < 4.78 is 21.7. The van der Waals surface area contributed by atoms with Crippen LogP contribution >= 0.6 is 11.3 Å². The number of fused-ring (bicyclic) bond motifs is 3. The van der Waals surface area contributed by atoms with Crippen molar-refractivity contribution in [3.05, 3.63) is 75.1 Å². The van der Waals surface area contributed by atoms with Crippen LogP contribution in [0.2, 0.25) is 0 Å². The molecule has 0 saturated carbocycles. The molecule has 1 N–H and O–H groups in total. The van der Waals surface area contributed by atoms with Crippen LogP contribution < -0.4 is 15.6 Å². The first-order valence-corrected chi connectivity index (χ1v) is 13.1. The highest BCUT2D eigenvalue weighted by molar-refractivity contribution is 7.22. The van der Waals surface area contributed by atoms with Gasteiger partial charge in [-0.05, 0) is 31.0 Å². The second-order valence-electron chi connectivity index (χ2n) is 9.26. The Bertz CT molecular complexity index is 1620. The first kappa shape index (κ1) is 25.6. The van der Waals surface area contributed by atoms with E-state index in [1.165, 1.54) is 36.8 Å². The summed E-state index contributed by atoms with van der Waals surface area (Å²) in [6.07, 6.45) is 1.22. The zero-order valence-electron chi connectivity index (χ0n) is 21.0. The summed E-state index contributed by atoms with van der Waals surface area (Å²) in [5, 5.41) is 3.54. The summed E-state index contributed by atoms with van der Waals surface area (Å²) in [6, 6.07) is 12.5. The summed E-state index contributed by atoms with van der Waals surface area (Å²) in [7, 11) is 1.37. The van der Waals surface area contributed by atoms with Gasteiger partial charge in [0.05, 0.1) is 23.9 Å². The SMILES string of the molecule is COc1c(C(=O)NC2CCN(C(C)=O)CC2)sc2c1c(=O)n(CC(=O)c1ccccc1)c1ccc(F)cc21. The number of carbonyl (C=O) groups excluding carboxylic acids is 3. The molecule has 0 aliphatic carbocycles. The van der Waals surface area contributed by atoms with Crippen LogP contribution in [0, 0.1) is 5.82 Å². The number of ketones is 1. The van der Waals surface area contributed by atoms with Gasteiger partial charge in [-0.3, -0.25) is 23.7 Å². The van der Waals surface area contributed by atoms with E-state index in [2.05, 4.69) is 5.32 Å². The van der Waals surface area contributed by atoms with Crippen LogP contribution in [0.4, 0.5) is 4.39 Å². The molecular formula is C28H26FN3O5S. The number of ether oxygens (including phenoxy) is 1. The maximum absolute atomic E-state index is 14.4. The summed E-state index contributed by atoms with van der Waals surface area (Å²) in [6.45, 7) is 2.37. The Hall–Kier alpha value is -4.05. The summed E-state index contributed by atoms with van der Waals surface area (Å²) in [4.78, 5) is 53.7. The zero-order chi connectivity index (χ0) is 27.0. The number of pyridine rings is 1. The number of rotatable bonds is 6. The van der Waals surface area contributed by atoms with Crippen molar-refractivity contribution in [1.29, 1.82) is 0 Å². The van der Waals surface area contributed by atoms with Crippen molar-refractivity contribution in [2.24, 2.45) is 0 Å². The molecule has 8 nitrogen and oxygen atoms in total. The highest BCUT2D eigenvalue weighted by Crippen LogP contribution is 2.40. The molecule has 1 fully saturated rings. The monoisotopic (exact) mass is 535 g/mol. The maximum atomic E-state index is 14.4. The lowest BCUT2D eigenvalue weighted by Gasteiger charge is -2.31. The molecule has 10 heteroatoms. The smallest absolute Gasteiger partial charge is 0.265 e. The molecule has 2 aromatic carbocycles. The number of thiophene rings is 1. The molecule has 0 atom stereocenters. The van der Waals surface area contributed by atoms with Gasteiger partial charge < -0.3 is 15.0 Å². The number of aromatic nitrogens is 1. The van der Waals surface area contributed by atoms with Crippen LogP contribution in [0.15, 0.2) is 53.3 Å². The van der Waals surface area contributed by atoms with Gasteiger partial charge in [0.1, 0.15) is 16.1 Å². The average Bonchev–Trinajstić information content (AvgIpc) is 3.32. The van der Waals surface area contributed by atoms with E-state index in [-0.39, 0.29) is 40.3 Å². The summed E-state index contributed by atoms with van der Waals surface area (Å²) >= 11 is 1.06. The second kappa shape index (κ2) is 10.4. The summed E-state index contributed by atoms with van der Waals surface area (Å²) in [5.74, 6) is -1.08. The molecular weight excluding hydrogens is 509 g/mol. The molecule has 2 amide bonds. The Morgan fingerprint density at radius 3 is 2.47 bits per heavy atom. The number of carbonyl (C=O) groups is 3. The van der Waals surface area contributed by atoms with Crippen molar-refractivity contribution >= 4 is 49.9 Å². The van der Waals surface area contributed by atoms with Crippen molar-refractivity contribution in [3.8, 4) is 5.75 Å². The molecule has 3 heterocycles. The molecule has 1 saturated heterocycles. The molecule has 5 rings (SSSR count). The molecule has 196 valence electrons. The van der Waals surface area contributed by atoms with Crippen molar-refractivity contribution in [1.82, 2.24) is 14.8 Å². The number of halogens is 1. The van der Waals surface area contributed by atoms with E-state index >= 15 is 0 Å². The second-order valence-corrected chi connectivity index (χ2v) is 10.3. The minimum absolute atomic E-state index is 0.00193. The highest BCUT2D eigenvalue weighted by atomic mass is 32.1. The van der Waals surface area contributed by atoms with Crippen LogP contribution in [0.3, 0.4) is 0 Å². The third-order valence-corrected chi connectivity index (χ3v) is 8.10. The molecule has 4 aromatic rings. The number of amides is 2. The minimum Gasteiger partial charge on any atom is -0.494 e. The summed E-state index contributed by atoms with van der Waals surface area (Å²) in [5.41, 5.74) is 0.342. The first-order valence-electron chi connectivity index (χ1n) is 12.3. The van der Waals surface area contributed by atoms with E-state index in [0.717, 1.165) is 11.3 Å². The lowest BCUT2D eigenvalue weighted by Crippen LogP contribution is -2.45. The molecule has 1 aliphatic heterocycles. The lowest BCUT2D eigenvalue weighted by molar-refractivity contribution is -0.129. The minimum atomic E-state index is -0.506. The van der Waals surface area contributed by atoms with Crippen LogP contribution in [-0.4, -0.2) is 53.3 Å². The van der Waals surface area contributed by atoms with Gasteiger partial charge in [0, 0.05) is 37.0 Å². The maximum Gasteiger partial charge on any atom is 0.265 e. The topological polar surface area (TPSA) is 97.7 Å². The Morgan fingerprint density at radius 1 is 1.11 bits per heavy atom. The Labute approximate surface area is 221 Å². The van der Waals surface area contributed by atoms with Crippen LogP contribution in [0.5, 0.6) is 5.75 Å². The quantitative estimate of drug-likeness (QED) is 0.377. The van der Waals surface area contributed by atoms with E-state index in [1.54, 1.807) is 35.2 Å². The fourth-order valence-corrected chi connectivity index (χ4v) is 6.11. The van der Waals surface area contributed by atoms with Gasteiger partial charge in [-0.1, -0.05) is 30.3 Å². The Kier molecular flexibility index (Phi) is 6.98. The predicted molar refractivity (Wildman–Crippen MR) is 144 cm³/mol. The van der Waals surface area contributed by atoms with Gasteiger partial charge in [-0.25, -0.2) is 4.39 Å². The van der Waals surface area contributed by atoms with Gasteiger partial charge in [-0.15, -0.1) is 11.3 Å². The molecule has 38 heavy (non-hydrogen) atoms. The fraction of sp³-hybridized carbons (Fsp3) is 0.286. The lowest BCUT2D eigenvalue weighted by atomic mass is 10.0. The molecule has 0 bridgehead atoms. The number of methoxy groups -OCH3 is 1. The third-order valence-electron chi connectivity index (χ3n) is 6.90. The number of benzene rings is 2. The van der Waals surface area contributed by atoms with Gasteiger partial charge in [0.15, 0.2) is 11.5 Å². The Morgan fingerprint density at radius 2 is 1.82 bits per heavy atom. The molecule has 0 unspecified atom stereocenters. The largest absolute Gasteiger partial charge is 0.494 e. The van der Waals surface area contributed by atoms with Crippen molar-refractivity contribution in [2.45, 2.75) is 32.4 Å². The van der Waals surface area contributed by atoms with E-state index in [0.29, 0.717) is 47.1 Å². The molecule has 0 radical (unpaired) electrons. The van der Waals surface area contributed by atoms with Gasteiger partial charge in [0.25, 0.3) is 11.5 Å². The number of piperidine rings is 1. The van der Waals surface area contributed by atoms with E-state index < -0.39 is 17.3 Å². The Balaban J connectivity index is 1.58. The number of nitrogens with zero attached hydrogens (tertiary/aromatic N) is 2. The predicted octanol–water partition coefficient (Wildman–Crippen LogP) is 3.99. The molecule has 0 spiro atoms. The van der Waals surface area contributed by atoms with E-state index in [4.69, 9.17) is 4.74 Å². The van der Waals surface area contributed by atoms with Crippen LogP contribution in [-0.2, 0) is 11.3 Å². The average molecular weight is 536 g/mol. The molecule has 2 aromatic heterocycles. The zero-order valence-corrected chi connectivity index (χ0v) is 21.8. The van der Waals surface area contributed by atoms with Crippen LogP contribution in [0.1, 0.15) is 39.8 Å². The standard InChI is InChI=1S/C28H26FN3O5S/c1-16(33)31-12-10-19(11-13-31)30-27(35)26-24(37-2)23-25(38-26)20-14-18(29)8-9-21(20)32(28(23)36)15-22(34)17-6-4-3-5-7-17/h3-9,14,19H,10-13,15H2,1-2H3,(H,30,35). The number of hydrogen-bond acceptors (Lipinski definition) is 6. The number of hydrogen-bond donors (Lipinski definition) is 1. The third kappa shape index (κ3) is 4.67. The van der Waals surface area contributed by atoms with Gasteiger partial charge >= 0.3 is 0 Å². The highest BCUT2D eigenvalue weighted by Gasteiger charge is 2.28. The van der Waals surface area contributed by atoms with E-state index in [9.17, 15) is 23.6 Å². The van der Waals surface area contributed by atoms with E-state index in [1.807, 2.05) is 0 Å². The number of nitrogens with one attached hydrogen (secondary N) is 1.